The van der Waals surface area contributed by atoms with Crippen molar-refractivity contribution in [3.05, 3.63) is 94.2 Å². The van der Waals surface area contributed by atoms with E-state index in [1.54, 1.807) is 13.0 Å². The number of carbonyl (C=O) groups excluding carboxylic acids is 2. The summed E-state index contributed by atoms with van der Waals surface area (Å²) in [6, 6.07) is 18.1. The molecule has 1 unspecified atom stereocenters. The molecular formula is C33H35N5O4S. The lowest BCUT2D eigenvalue weighted by molar-refractivity contribution is -0.147. The minimum atomic E-state index is -0.422. The van der Waals surface area contributed by atoms with Gasteiger partial charge in [0.25, 0.3) is 0 Å². The van der Waals surface area contributed by atoms with E-state index >= 15 is 0 Å². The summed E-state index contributed by atoms with van der Waals surface area (Å²) in [6.45, 7) is 18.3. The number of rotatable bonds is 16. The molecule has 0 saturated heterocycles. The van der Waals surface area contributed by atoms with Gasteiger partial charge >= 0.3 is 5.97 Å². The summed E-state index contributed by atoms with van der Waals surface area (Å²) in [5.74, 6) is -0.880. The van der Waals surface area contributed by atoms with Crippen molar-refractivity contribution in [2.45, 2.75) is 40.2 Å². The summed E-state index contributed by atoms with van der Waals surface area (Å²) in [4.78, 5) is 29.9. The van der Waals surface area contributed by atoms with Crippen molar-refractivity contribution >= 4 is 45.2 Å². The molecule has 2 aromatic carbocycles. The van der Waals surface area contributed by atoms with Crippen LogP contribution in [0.5, 0.6) is 0 Å². The van der Waals surface area contributed by atoms with E-state index in [0.29, 0.717) is 52.9 Å². The van der Waals surface area contributed by atoms with Gasteiger partial charge in [-0.1, -0.05) is 36.4 Å². The van der Waals surface area contributed by atoms with Gasteiger partial charge in [-0.05, 0) is 62.1 Å². The van der Waals surface area contributed by atoms with Gasteiger partial charge in [-0.3, -0.25) is 9.59 Å². The molecule has 0 saturated carbocycles. The minimum Gasteiger partial charge on any atom is -0.463 e. The summed E-state index contributed by atoms with van der Waals surface area (Å²) < 4.78 is 11.0. The maximum atomic E-state index is 12.1. The van der Waals surface area contributed by atoms with Crippen LogP contribution in [0.25, 0.3) is 4.85 Å². The average molecular weight is 598 g/mol. The first-order valence-corrected chi connectivity index (χ1v) is 14.7. The lowest BCUT2D eigenvalue weighted by Gasteiger charge is -2.25. The van der Waals surface area contributed by atoms with Crippen molar-refractivity contribution in [3.63, 3.8) is 0 Å². The third-order valence-corrected chi connectivity index (χ3v) is 7.83. The number of benzene rings is 2. The SMILES string of the molecule is [C-]#[N+]c1c(N=Nc2ccc(N(CCOCCOC(=O)CC(CC=C)C(C)=O)Cc3ccccc3)cc2C)sc(C#N)c1C. The van der Waals surface area contributed by atoms with Crippen LogP contribution in [0.4, 0.5) is 22.1 Å². The van der Waals surface area contributed by atoms with Crippen molar-refractivity contribution in [2.24, 2.45) is 16.1 Å². The van der Waals surface area contributed by atoms with Gasteiger partial charge in [-0.2, -0.15) is 15.5 Å². The Morgan fingerprint density at radius 3 is 2.58 bits per heavy atom. The Morgan fingerprint density at radius 1 is 1.16 bits per heavy atom. The molecule has 0 amide bonds. The maximum absolute atomic E-state index is 12.1. The highest BCUT2D eigenvalue weighted by atomic mass is 32.1. The van der Waals surface area contributed by atoms with Gasteiger partial charge in [0.15, 0.2) is 0 Å². The van der Waals surface area contributed by atoms with Gasteiger partial charge < -0.3 is 14.4 Å². The molecule has 0 radical (unpaired) electrons. The van der Waals surface area contributed by atoms with E-state index in [0.717, 1.165) is 28.2 Å². The number of hydrogen-bond donors (Lipinski definition) is 0. The van der Waals surface area contributed by atoms with Crippen LogP contribution in [0.15, 0.2) is 71.4 Å². The van der Waals surface area contributed by atoms with Crippen LogP contribution < -0.4 is 4.90 Å². The Balaban J connectivity index is 1.62. The predicted molar refractivity (Wildman–Crippen MR) is 168 cm³/mol. The number of esters is 1. The molecule has 3 rings (SSSR count). The molecular weight excluding hydrogens is 562 g/mol. The molecule has 222 valence electrons. The molecule has 3 aromatic rings. The molecule has 0 aliphatic heterocycles. The number of nitriles is 1. The number of ketones is 1. The molecule has 9 nitrogen and oxygen atoms in total. The number of hydrogen-bond acceptors (Lipinski definition) is 9. The van der Waals surface area contributed by atoms with E-state index in [-0.39, 0.29) is 25.4 Å². The van der Waals surface area contributed by atoms with Crippen LogP contribution in [0.3, 0.4) is 0 Å². The quantitative estimate of drug-likeness (QED) is 0.0545. The zero-order valence-electron chi connectivity index (χ0n) is 24.7. The van der Waals surface area contributed by atoms with Crippen molar-refractivity contribution < 1.29 is 19.1 Å². The molecule has 0 aliphatic carbocycles. The Bertz CT molecular complexity index is 1540. The van der Waals surface area contributed by atoms with Crippen LogP contribution in [0.1, 0.15) is 41.3 Å². The molecule has 1 atom stereocenters. The van der Waals surface area contributed by atoms with Gasteiger partial charge in [-0.25, -0.2) is 4.85 Å². The Labute approximate surface area is 256 Å². The third-order valence-electron chi connectivity index (χ3n) is 6.76. The van der Waals surface area contributed by atoms with E-state index in [1.807, 2.05) is 43.3 Å². The average Bonchev–Trinajstić information content (AvgIpc) is 3.31. The lowest BCUT2D eigenvalue weighted by atomic mass is 9.97. The van der Waals surface area contributed by atoms with Crippen molar-refractivity contribution in [3.8, 4) is 6.07 Å². The number of ether oxygens (including phenoxy) is 2. The zero-order valence-corrected chi connectivity index (χ0v) is 25.5. The summed E-state index contributed by atoms with van der Waals surface area (Å²) in [7, 11) is 0. The summed E-state index contributed by atoms with van der Waals surface area (Å²) in [6.07, 6.45) is 2.12. The number of aryl methyl sites for hydroxylation is 1. The topological polar surface area (TPSA) is 109 Å². The second-order valence-electron chi connectivity index (χ2n) is 9.88. The first kappa shape index (κ1) is 32.9. The molecule has 0 N–H and O–H groups in total. The number of azo groups is 1. The number of Topliss-reactive ketones (excluding diaryl/α,β-unsaturated/α-hetero) is 1. The summed E-state index contributed by atoms with van der Waals surface area (Å²) in [5.41, 5.74) is 4.69. The van der Waals surface area contributed by atoms with Crippen molar-refractivity contribution in [2.75, 3.05) is 31.3 Å². The Kier molecular flexibility index (Phi) is 12.8. The summed E-state index contributed by atoms with van der Waals surface area (Å²) >= 11 is 1.16. The Morgan fingerprint density at radius 2 is 1.93 bits per heavy atom. The van der Waals surface area contributed by atoms with Crippen LogP contribution >= 0.6 is 11.3 Å². The van der Waals surface area contributed by atoms with Crippen LogP contribution in [0, 0.1) is 37.7 Å². The number of carbonyl (C=O) groups is 2. The van der Waals surface area contributed by atoms with Gasteiger partial charge in [0.2, 0.25) is 5.69 Å². The first-order chi connectivity index (χ1) is 20.8. The van der Waals surface area contributed by atoms with Crippen molar-refractivity contribution in [1.29, 1.82) is 5.26 Å². The van der Waals surface area contributed by atoms with E-state index < -0.39 is 11.9 Å². The van der Waals surface area contributed by atoms with E-state index in [4.69, 9.17) is 16.0 Å². The summed E-state index contributed by atoms with van der Waals surface area (Å²) in [5, 5.41) is 18.4. The van der Waals surface area contributed by atoms with Gasteiger partial charge in [-0.15, -0.1) is 17.9 Å². The fourth-order valence-electron chi connectivity index (χ4n) is 4.29. The maximum Gasteiger partial charge on any atom is 0.306 e. The van der Waals surface area contributed by atoms with Gasteiger partial charge in [0.05, 0.1) is 36.8 Å². The van der Waals surface area contributed by atoms with Gasteiger partial charge in [0.1, 0.15) is 23.5 Å². The number of allylic oxidation sites excluding steroid dienone is 1. The zero-order chi connectivity index (χ0) is 31.2. The Hall–Kier alpha value is -4.64. The highest BCUT2D eigenvalue weighted by Crippen LogP contribution is 2.42. The fraction of sp³-hybridized carbons (Fsp3) is 0.333. The molecule has 1 aromatic heterocycles. The smallest absolute Gasteiger partial charge is 0.306 e. The highest BCUT2D eigenvalue weighted by Gasteiger charge is 2.18. The second-order valence-corrected chi connectivity index (χ2v) is 10.9. The highest BCUT2D eigenvalue weighted by molar-refractivity contribution is 7.17. The van der Waals surface area contributed by atoms with E-state index in [1.165, 1.54) is 6.92 Å². The van der Waals surface area contributed by atoms with Crippen LogP contribution in [0.2, 0.25) is 0 Å². The number of thiophene rings is 1. The fourth-order valence-corrected chi connectivity index (χ4v) is 5.16. The molecule has 1 heterocycles. The molecule has 10 heteroatoms. The number of anilines is 1. The minimum absolute atomic E-state index is 0.0374. The lowest BCUT2D eigenvalue weighted by Crippen LogP contribution is -2.27. The second kappa shape index (κ2) is 16.7. The normalized spacial score (nSPS) is 11.5. The van der Waals surface area contributed by atoms with Crippen LogP contribution in [-0.2, 0) is 25.6 Å². The standard InChI is InChI=1S/C33H35N5O4S/c1-6-10-27(25(4)39)20-31(40)42-18-17-41-16-15-38(22-26-11-8-7-9-12-26)28-13-14-29(23(2)19-28)36-37-33-32(35-5)24(3)30(21-34)43-33/h6-9,11-14,19,27H,1,10,15-18,20,22H2,2-4H3. The first-order valence-electron chi connectivity index (χ1n) is 13.8. The molecule has 0 fully saturated rings. The van der Waals surface area contributed by atoms with Crippen LogP contribution in [-0.4, -0.2) is 38.1 Å². The predicted octanol–water partition coefficient (Wildman–Crippen LogP) is 7.94. The molecule has 0 aliphatic rings. The number of nitrogens with zero attached hydrogens (tertiary/aromatic N) is 5. The monoisotopic (exact) mass is 597 g/mol. The molecule has 43 heavy (non-hydrogen) atoms. The van der Waals surface area contributed by atoms with E-state index in [2.05, 4.69) is 44.8 Å². The third kappa shape index (κ3) is 9.71. The van der Waals surface area contributed by atoms with Gasteiger partial charge in [0, 0.05) is 24.7 Å². The van der Waals surface area contributed by atoms with E-state index in [9.17, 15) is 14.9 Å². The molecule has 0 spiro atoms. The molecule has 0 bridgehead atoms. The largest absolute Gasteiger partial charge is 0.463 e. The van der Waals surface area contributed by atoms with Crippen molar-refractivity contribution in [1.82, 2.24) is 0 Å².